The molecule has 0 fully saturated rings. The van der Waals surface area contributed by atoms with E-state index in [1.165, 1.54) is 18.2 Å². The largest absolute Gasteiger partial charge is 0.504 e. The van der Waals surface area contributed by atoms with Crippen LogP contribution in [0.15, 0.2) is 59.7 Å². The number of phenolic OH excluding ortho intramolecular Hbond substituents is 2. The van der Waals surface area contributed by atoms with Crippen molar-refractivity contribution in [2.45, 2.75) is 0 Å². The summed E-state index contributed by atoms with van der Waals surface area (Å²) < 4.78 is 0. The van der Waals surface area contributed by atoms with Gasteiger partial charge in [-0.05, 0) is 18.2 Å². The highest BCUT2D eigenvalue weighted by molar-refractivity contribution is 6.31. The number of hydrazone groups is 1. The summed E-state index contributed by atoms with van der Waals surface area (Å²) >= 11 is 0. The maximum Gasteiger partial charge on any atom is 0.301 e. The molecule has 3 aromatic carbocycles. The SMILES string of the molecule is O=C1c2ccccc2/C(=N\Nc2ccc([N+](=O)[O-])cc2[N+](=O)[O-])c2ccc(O)c(O)c21. The van der Waals surface area contributed by atoms with Gasteiger partial charge >= 0.3 is 5.69 Å². The number of ketones is 1. The zero-order valence-corrected chi connectivity index (χ0v) is 15.5. The van der Waals surface area contributed by atoms with E-state index in [1.54, 1.807) is 18.2 Å². The molecule has 3 N–H and O–H groups in total. The maximum absolute atomic E-state index is 12.8. The Bertz CT molecular complexity index is 1320. The summed E-state index contributed by atoms with van der Waals surface area (Å²) in [5.74, 6) is -1.60. The fourth-order valence-corrected chi connectivity index (χ4v) is 3.29. The van der Waals surface area contributed by atoms with Crippen molar-refractivity contribution in [3.05, 3.63) is 97.1 Å². The molecule has 154 valence electrons. The normalized spacial score (nSPS) is 13.4. The van der Waals surface area contributed by atoms with E-state index >= 15 is 0 Å². The van der Waals surface area contributed by atoms with Crippen molar-refractivity contribution in [1.29, 1.82) is 0 Å². The van der Waals surface area contributed by atoms with Gasteiger partial charge in [0.25, 0.3) is 5.69 Å². The molecule has 4 rings (SSSR count). The van der Waals surface area contributed by atoms with E-state index in [0.29, 0.717) is 5.56 Å². The summed E-state index contributed by atoms with van der Waals surface area (Å²) in [5.41, 5.74) is 2.26. The van der Waals surface area contributed by atoms with Crippen LogP contribution in [-0.2, 0) is 0 Å². The van der Waals surface area contributed by atoms with Gasteiger partial charge in [0.2, 0.25) is 0 Å². The molecule has 0 aliphatic heterocycles. The molecule has 0 amide bonds. The summed E-state index contributed by atoms with van der Waals surface area (Å²) in [5, 5.41) is 46.5. The van der Waals surface area contributed by atoms with E-state index in [-0.39, 0.29) is 28.1 Å². The van der Waals surface area contributed by atoms with Gasteiger partial charge < -0.3 is 10.2 Å². The Labute approximate surface area is 173 Å². The Morgan fingerprint density at radius 3 is 2.26 bits per heavy atom. The van der Waals surface area contributed by atoms with Crippen LogP contribution in [0.2, 0.25) is 0 Å². The molecule has 1 aliphatic carbocycles. The van der Waals surface area contributed by atoms with Crippen molar-refractivity contribution in [1.82, 2.24) is 0 Å². The number of nitrogens with one attached hydrogen (secondary N) is 1. The lowest BCUT2D eigenvalue weighted by Crippen LogP contribution is -2.22. The number of carbonyl (C=O) groups is 1. The highest BCUT2D eigenvalue weighted by Gasteiger charge is 2.32. The number of benzene rings is 3. The zero-order chi connectivity index (χ0) is 22.3. The van der Waals surface area contributed by atoms with Crippen LogP contribution in [-0.4, -0.2) is 31.6 Å². The third-order valence-electron chi connectivity index (χ3n) is 4.74. The quantitative estimate of drug-likeness (QED) is 0.256. The number of non-ortho nitro benzene ring substituents is 1. The molecule has 3 aromatic rings. The van der Waals surface area contributed by atoms with Crippen LogP contribution < -0.4 is 5.43 Å². The van der Waals surface area contributed by atoms with Gasteiger partial charge in [-0.15, -0.1) is 0 Å². The van der Waals surface area contributed by atoms with Gasteiger partial charge in [0.1, 0.15) is 5.69 Å². The molecule has 0 aromatic heterocycles. The number of hydrogen-bond donors (Lipinski definition) is 3. The molecule has 0 unspecified atom stereocenters. The second-order valence-corrected chi connectivity index (χ2v) is 6.52. The van der Waals surface area contributed by atoms with Gasteiger partial charge in [0.05, 0.1) is 27.2 Å². The Morgan fingerprint density at radius 2 is 1.58 bits per heavy atom. The number of aromatic hydroxyl groups is 2. The second-order valence-electron chi connectivity index (χ2n) is 6.52. The van der Waals surface area contributed by atoms with Crippen molar-refractivity contribution in [3.63, 3.8) is 0 Å². The van der Waals surface area contributed by atoms with Crippen LogP contribution in [0.1, 0.15) is 27.0 Å². The summed E-state index contributed by atoms with van der Waals surface area (Å²) in [7, 11) is 0. The van der Waals surface area contributed by atoms with Crippen LogP contribution in [0, 0.1) is 20.2 Å². The number of hydrogen-bond acceptors (Lipinski definition) is 9. The molecule has 0 saturated carbocycles. The smallest absolute Gasteiger partial charge is 0.301 e. The van der Waals surface area contributed by atoms with Crippen LogP contribution in [0.5, 0.6) is 11.5 Å². The lowest BCUT2D eigenvalue weighted by molar-refractivity contribution is -0.393. The first-order chi connectivity index (χ1) is 14.8. The lowest BCUT2D eigenvalue weighted by Gasteiger charge is -2.21. The highest BCUT2D eigenvalue weighted by atomic mass is 16.6. The van der Waals surface area contributed by atoms with E-state index in [9.17, 15) is 35.2 Å². The van der Waals surface area contributed by atoms with E-state index in [0.717, 1.165) is 18.2 Å². The first-order valence-electron chi connectivity index (χ1n) is 8.75. The minimum Gasteiger partial charge on any atom is -0.504 e. The van der Waals surface area contributed by atoms with Crippen molar-refractivity contribution >= 4 is 28.6 Å². The fraction of sp³-hybridized carbons (Fsp3) is 0. The van der Waals surface area contributed by atoms with Crippen LogP contribution in [0.4, 0.5) is 17.1 Å². The molecule has 1 aliphatic rings. The number of nitrogens with zero attached hydrogens (tertiary/aromatic N) is 3. The van der Waals surface area contributed by atoms with Gasteiger partial charge in [0.15, 0.2) is 17.3 Å². The summed E-state index contributed by atoms with van der Waals surface area (Å²) in [6.07, 6.45) is 0. The molecular formula is C20H12N4O7. The Morgan fingerprint density at radius 1 is 0.871 bits per heavy atom. The summed E-state index contributed by atoms with van der Waals surface area (Å²) in [6, 6.07) is 12.1. The van der Waals surface area contributed by atoms with Gasteiger partial charge in [-0.1, -0.05) is 24.3 Å². The van der Waals surface area contributed by atoms with Crippen LogP contribution >= 0.6 is 0 Å². The minimum absolute atomic E-state index is 0.109. The average molecular weight is 420 g/mol. The molecule has 0 spiro atoms. The highest BCUT2D eigenvalue weighted by Crippen LogP contribution is 2.38. The Kier molecular flexibility index (Phi) is 4.55. The standard InChI is InChI=1S/C20H12N4O7/c25-16-8-6-13-17(20(16)27)19(26)12-4-2-1-3-11(12)18(13)22-21-14-7-5-10(23(28)29)9-15(14)24(30)31/h1-9,21,25,27H/b22-18+. The molecule has 0 saturated heterocycles. The monoisotopic (exact) mass is 420 g/mol. The Balaban J connectivity index is 1.87. The zero-order valence-electron chi connectivity index (χ0n) is 15.5. The topological polar surface area (TPSA) is 168 Å². The van der Waals surface area contributed by atoms with Crippen LogP contribution in [0.25, 0.3) is 0 Å². The molecular weight excluding hydrogens is 408 g/mol. The molecule has 0 heterocycles. The molecule has 11 nitrogen and oxygen atoms in total. The van der Waals surface area contributed by atoms with Crippen molar-refractivity contribution in [3.8, 4) is 11.5 Å². The number of nitro benzene ring substituents is 2. The molecule has 11 heteroatoms. The van der Waals surface area contributed by atoms with Crippen molar-refractivity contribution in [2.75, 3.05) is 5.43 Å². The third kappa shape index (κ3) is 3.19. The predicted molar refractivity (Wildman–Crippen MR) is 109 cm³/mol. The third-order valence-corrected chi connectivity index (χ3v) is 4.74. The number of rotatable bonds is 4. The maximum atomic E-state index is 12.8. The molecule has 0 atom stereocenters. The van der Waals surface area contributed by atoms with Gasteiger partial charge in [-0.25, -0.2) is 0 Å². The van der Waals surface area contributed by atoms with E-state index in [2.05, 4.69) is 10.5 Å². The Hall–Kier alpha value is -4.80. The van der Waals surface area contributed by atoms with Crippen LogP contribution in [0.3, 0.4) is 0 Å². The van der Waals surface area contributed by atoms with Gasteiger partial charge in [-0.3, -0.25) is 30.4 Å². The lowest BCUT2D eigenvalue weighted by atomic mass is 9.83. The first-order valence-corrected chi connectivity index (χ1v) is 8.75. The molecule has 31 heavy (non-hydrogen) atoms. The fourth-order valence-electron chi connectivity index (χ4n) is 3.29. The van der Waals surface area contributed by atoms with Crippen molar-refractivity contribution in [2.24, 2.45) is 5.10 Å². The first kappa shape index (κ1) is 19.5. The molecule has 0 bridgehead atoms. The van der Waals surface area contributed by atoms with E-state index in [4.69, 9.17) is 0 Å². The summed E-state index contributed by atoms with van der Waals surface area (Å²) in [6.45, 7) is 0. The predicted octanol–water partition coefficient (Wildman–Crippen LogP) is 3.32. The van der Waals surface area contributed by atoms with Gasteiger partial charge in [-0.2, -0.15) is 5.10 Å². The van der Waals surface area contributed by atoms with E-state index < -0.39 is 38.5 Å². The number of phenols is 2. The number of nitro groups is 2. The average Bonchev–Trinajstić information content (AvgIpc) is 2.75. The van der Waals surface area contributed by atoms with E-state index in [1.807, 2.05) is 0 Å². The van der Waals surface area contributed by atoms with Gasteiger partial charge in [0, 0.05) is 22.8 Å². The number of carbonyl (C=O) groups excluding carboxylic acids is 1. The second kappa shape index (κ2) is 7.22. The van der Waals surface area contributed by atoms with Crippen molar-refractivity contribution < 1.29 is 24.9 Å². The molecule has 0 radical (unpaired) electrons. The summed E-state index contributed by atoms with van der Waals surface area (Å²) in [4.78, 5) is 33.6. The minimum atomic E-state index is -0.786. The number of anilines is 1. The number of fused-ring (bicyclic) bond motifs is 2.